The molecule has 1 atom stereocenters. The Morgan fingerprint density at radius 2 is 2.04 bits per heavy atom. The maximum atomic E-state index is 12.3. The summed E-state index contributed by atoms with van der Waals surface area (Å²) in [6, 6.07) is 14.6. The van der Waals surface area contributed by atoms with Crippen molar-refractivity contribution in [1.29, 1.82) is 0 Å². The first-order chi connectivity index (χ1) is 11.6. The zero-order valence-corrected chi connectivity index (χ0v) is 13.6. The van der Waals surface area contributed by atoms with E-state index in [9.17, 15) is 9.90 Å². The fraction of sp³-hybridized carbons (Fsp3) is 0.211. The van der Waals surface area contributed by atoms with Crippen LogP contribution in [0, 0.1) is 0 Å². The molecule has 0 aliphatic heterocycles. The third-order valence-electron chi connectivity index (χ3n) is 3.97. The van der Waals surface area contributed by atoms with Crippen LogP contribution in [0.25, 0.3) is 11.0 Å². The number of hydrogen-bond acceptors (Lipinski definition) is 4. The predicted octanol–water partition coefficient (Wildman–Crippen LogP) is 3.57. The summed E-state index contributed by atoms with van der Waals surface area (Å²) in [6.07, 6.45) is 0. The number of hydrogen-bond donors (Lipinski definition) is 2. The number of phenols is 1. The van der Waals surface area contributed by atoms with Crippen LogP contribution in [-0.2, 0) is 11.3 Å². The zero-order valence-electron chi connectivity index (χ0n) is 13.6. The van der Waals surface area contributed by atoms with Crippen molar-refractivity contribution in [2.45, 2.75) is 19.4 Å². The van der Waals surface area contributed by atoms with E-state index in [-0.39, 0.29) is 11.7 Å². The van der Waals surface area contributed by atoms with Crippen LogP contribution in [0.3, 0.4) is 0 Å². The molecule has 124 valence electrons. The number of benzene rings is 2. The van der Waals surface area contributed by atoms with Crippen molar-refractivity contribution in [1.82, 2.24) is 5.32 Å². The molecular weight excluding hydrogens is 306 g/mol. The number of carbonyl (C=O) groups excluding carboxylic acids is 1. The number of aromatic hydroxyl groups is 1. The van der Waals surface area contributed by atoms with Crippen LogP contribution in [0.2, 0.25) is 0 Å². The number of methoxy groups -OCH3 is 1. The largest absolute Gasteiger partial charge is 0.504 e. The number of amides is 1. The maximum Gasteiger partial charge on any atom is 0.230 e. The van der Waals surface area contributed by atoms with Crippen LogP contribution in [0.15, 0.2) is 52.9 Å². The molecule has 3 aromatic rings. The van der Waals surface area contributed by atoms with Crippen molar-refractivity contribution in [2.75, 3.05) is 7.11 Å². The van der Waals surface area contributed by atoms with Gasteiger partial charge in [0.15, 0.2) is 11.5 Å². The fourth-order valence-electron chi connectivity index (χ4n) is 2.53. The first kappa shape index (κ1) is 15.9. The Bertz CT molecular complexity index is 836. The van der Waals surface area contributed by atoms with E-state index < -0.39 is 5.92 Å². The Morgan fingerprint density at radius 1 is 1.25 bits per heavy atom. The minimum absolute atomic E-state index is 0.0505. The van der Waals surface area contributed by atoms with E-state index in [1.807, 2.05) is 30.3 Å². The van der Waals surface area contributed by atoms with Crippen molar-refractivity contribution in [3.63, 3.8) is 0 Å². The van der Waals surface area contributed by atoms with Gasteiger partial charge in [-0.3, -0.25) is 4.79 Å². The van der Waals surface area contributed by atoms with Gasteiger partial charge in [0.05, 0.1) is 13.0 Å². The Morgan fingerprint density at radius 3 is 2.75 bits per heavy atom. The average Bonchev–Trinajstić information content (AvgIpc) is 3.03. The molecule has 0 aliphatic carbocycles. The lowest BCUT2D eigenvalue weighted by molar-refractivity contribution is -0.122. The normalized spacial score (nSPS) is 12.1. The van der Waals surface area contributed by atoms with Gasteiger partial charge in [-0.1, -0.05) is 24.3 Å². The van der Waals surface area contributed by atoms with Gasteiger partial charge in [0, 0.05) is 11.9 Å². The number of rotatable bonds is 5. The number of ether oxygens (including phenoxy) is 1. The third-order valence-corrected chi connectivity index (χ3v) is 3.97. The van der Waals surface area contributed by atoms with Gasteiger partial charge in [-0.15, -0.1) is 0 Å². The number of phenolic OH excluding ortho intramolecular Hbond substituents is 1. The molecule has 2 aromatic carbocycles. The van der Waals surface area contributed by atoms with Crippen LogP contribution in [0.1, 0.15) is 24.2 Å². The van der Waals surface area contributed by atoms with E-state index in [2.05, 4.69) is 5.32 Å². The summed E-state index contributed by atoms with van der Waals surface area (Å²) >= 11 is 0. The first-order valence-corrected chi connectivity index (χ1v) is 7.70. The zero-order chi connectivity index (χ0) is 17.1. The van der Waals surface area contributed by atoms with E-state index in [1.54, 1.807) is 25.1 Å². The smallest absolute Gasteiger partial charge is 0.230 e. The summed E-state index contributed by atoms with van der Waals surface area (Å²) in [6.45, 7) is 2.12. The van der Waals surface area contributed by atoms with Crippen LogP contribution in [-0.4, -0.2) is 18.1 Å². The molecule has 5 nitrogen and oxygen atoms in total. The lowest BCUT2D eigenvalue weighted by Crippen LogP contribution is -2.27. The van der Waals surface area contributed by atoms with Crippen molar-refractivity contribution in [3.05, 3.63) is 59.9 Å². The van der Waals surface area contributed by atoms with E-state index in [0.29, 0.717) is 18.1 Å². The number of furan rings is 1. The Labute approximate surface area is 139 Å². The molecule has 0 aliphatic rings. The maximum absolute atomic E-state index is 12.3. The second-order valence-electron chi connectivity index (χ2n) is 5.63. The van der Waals surface area contributed by atoms with Gasteiger partial charge in [-0.25, -0.2) is 0 Å². The second-order valence-corrected chi connectivity index (χ2v) is 5.63. The molecule has 24 heavy (non-hydrogen) atoms. The van der Waals surface area contributed by atoms with E-state index >= 15 is 0 Å². The summed E-state index contributed by atoms with van der Waals surface area (Å²) < 4.78 is 10.7. The summed E-state index contributed by atoms with van der Waals surface area (Å²) in [7, 11) is 1.49. The standard InChI is InChI=1S/C19H19NO4/c1-12(18-10-14-5-3-4-6-16(14)24-18)19(22)20-11-13-7-8-17(23-2)15(21)9-13/h3-10,12,21H,11H2,1-2H3,(H,20,22)/t12-/m0/s1. The van der Waals surface area contributed by atoms with E-state index in [4.69, 9.17) is 9.15 Å². The Balaban J connectivity index is 1.66. The van der Waals surface area contributed by atoms with Crippen LogP contribution >= 0.6 is 0 Å². The van der Waals surface area contributed by atoms with Crippen LogP contribution < -0.4 is 10.1 Å². The summed E-state index contributed by atoms with van der Waals surface area (Å²) in [4.78, 5) is 12.3. The van der Waals surface area contributed by atoms with Crippen LogP contribution in [0.5, 0.6) is 11.5 Å². The predicted molar refractivity (Wildman–Crippen MR) is 91.1 cm³/mol. The fourth-order valence-corrected chi connectivity index (χ4v) is 2.53. The van der Waals surface area contributed by atoms with Crippen molar-refractivity contribution >= 4 is 16.9 Å². The summed E-state index contributed by atoms with van der Waals surface area (Å²) in [5, 5.41) is 13.6. The van der Waals surface area contributed by atoms with Crippen LogP contribution in [0.4, 0.5) is 0 Å². The number of nitrogens with one attached hydrogen (secondary N) is 1. The number of carbonyl (C=O) groups is 1. The highest BCUT2D eigenvalue weighted by Gasteiger charge is 2.19. The van der Waals surface area contributed by atoms with Gasteiger partial charge in [-0.05, 0) is 36.8 Å². The minimum atomic E-state index is -0.399. The molecule has 0 saturated carbocycles. The molecule has 3 rings (SSSR count). The van der Waals surface area contributed by atoms with E-state index in [0.717, 1.165) is 16.5 Å². The van der Waals surface area contributed by atoms with Gasteiger partial charge in [-0.2, -0.15) is 0 Å². The molecule has 5 heteroatoms. The van der Waals surface area contributed by atoms with Gasteiger partial charge >= 0.3 is 0 Å². The summed E-state index contributed by atoms with van der Waals surface area (Å²) in [5.74, 6) is 0.551. The minimum Gasteiger partial charge on any atom is -0.504 e. The molecule has 2 N–H and O–H groups in total. The second kappa shape index (κ2) is 6.66. The van der Waals surface area contributed by atoms with Gasteiger partial charge in [0.25, 0.3) is 0 Å². The Hall–Kier alpha value is -2.95. The summed E-state index contributed by atoms with van der Waals surface area (Å²) in [5.41, 5.74) is 1.56. The molecular formula is C19H19NO4. The molecule has 0 spiro atoms. The van der Waals surface area contributed by atoms with Crippen molar-refractivity contribution < 1.29 is 19.1 Å². The molecule has 0 bridgehead atoms. The topological polar surface area (TPSA) is 71.7 Å². The third kappa shape index (κ3) is 3.20. The quantitative estimate of drug-likeness (QED) is 0.752. The molecule has 0 radical (unpaired) electrons. The molecule has 1 amide bonds. The molecule has 0 fully saturated rings. The lowest BCUT2D eigenvalue weighted by atomic mass is 10.1. The highest BCUT2D eigenvalue weighted by Crippen LogP contribution is 2.27. The Kier molecular flexibility index (Phi) is 4.42. The van der Waals surface area contributed by atoms with Gasteiger partial charge in [0.2, 0.25) is 5.91 Å². The SMILES string of the molecule is COc1ccc(CNC(=O)[C@@H](C)c2cc3ccccc3o2)cc1O. The van der Waals surface area contributed by atoms with Gasteiger partial charge < -0.3 is 19.6 Å². The lowest BCUT2D eigenvalue weighted by Gasteiger charge is -2.11. The monoisotopic (exact) mass is 325 g/mol. The molecule has 0 saturated heterocycles. The highest BCUT2D eigenvalue weighted by molar-refractivity contribution is 5.85. The van der Waals surface area contributed by atoms with Gasteiger partial charge in [0.1, 0.15) is 11.3 Å². The molecule has 0 unspecified atom stereocenters. The highest BCUT2D eigenvalue weighted by atomic mass is 16.5. The number of fused-ring (bicyclic) bond motifs is 1. The van der Waals surface area contributed by atoms with Crippen molar-refractivity contribution in [3.8, 4) is 11.5 Å². The first-order valence-electron chi connectivity index (χ1n) is 7.70. The van der Waals surface area contributed by atoms with Crippen molar-refractivity contribution in [2.24, 2.45) is 0 Å². The molecule has 1 heterocycles. The number of para-hydroxylation sites is 1. The average molecular weight is 325 g/mol. The molecule has 1 aromatic heterocycles. The van der Waals surface area contributed by atoms with E-state index in [1.165, 1.54) is 7.11 Å².